The van der Waals surface area contributed by atoms with Gasteiger partial charge in [0.2, 0.25) is 0 Å². The van der Waals surface area contributed by atoms with Gasteiger partial charge in [-0.25, -0.2) is 8.63 Å². The Morgan fingerprint density at radius 2 is 2.08 bits per heavy atom. The number of rotatable bonds is 4. The second-order valence-corrected chi connectivity index (χ2v) is 1.90. The van der Waals surface area contributed by atoms with Gasteiger partial charge < -0.3 is 15.5 Å². The van der Waals surface area contributed by atoms with E-state index in [1.807, 2.05) is 0 Å². The summed E-state index contributed by atoms with van der Waals surface area (Å²) in [4.78, 5) is 20.3. The smallest absolute Gasteiger partial charge is 0.481 e. The minimum Gasteiger partial charge on any atom is -0.481 e. The molecule has 0 aromatic carbocycles. The minimum absolute atomic E-state index is 0.731. The zero-order valence-corrected chi connectivity index (χ0v) is 5.87. The van der Waals surface area contributed by atoms with Crippen molar-refractivity contribution < 1.29 is 28.0 Å². The van der Waals surface area contributed by atoms with Crippen LogP contribution in [0.5, 0.6) is 0 Å². The van der Waals surface area contributed by atoms with Crippen molar-refractivity contribution >= 4 is 19.4 Å². The minimum atomic E-state index is -3.27. The molecule has 3 N–H and O–H groups in total. The standard InChI is InChI=1S/C4H6BF2NO4/c6-5(7)12-4(11)2(8)1-3(9)10/h2H,1,8H2,(H,9,10)/t2-/m0/s1. The Bertz CT molecular complexity index is 188. The van der Waals surface area contributed by atoms with Gasteiger partial charge in [-0.15, -0.1) is 0 Å². The van der Waals surface area contributed by atoms with Gasteiger partial charge in [-0.3, -0.25) is 9.59 Å². The Morgan fingerprint density at radius 3 is 2.42 bits per heavy atom. The molecule has 0 rings (SSSR count). The van der Waals surface area contributed by atoms with E-state index in [1.165, 1.54) is 0 Å². The molecule has 0 unspecified atom stereocenters. The number of carboxylic acid groups (broad SMARTS) is 1. The van der Waals surface area contributed by atoms with E-state index in [9.17, 15) is 18.2 Å². The van der Waals surface area contributed by atoms with Crippen molar-refractivity contribution in [3.05, 3.63) is 0 Å². The van der Waals surface area contributed by atoms with Gasteiger partial charge in [0.25, 0.3) is 0 Å². The molecule has 0 amide bonds. The van der Waals surface area contributed by atoms with Crippen LogP contribution < -0.4 is 5.73 Å². The lowest BCUT2D eigenvalue weighted by molar-refractivity contribution is -0.144. The SMILES string of the molecule is N[C@@H](CC(=O)O)C(=O)OB(F)F. The molecule has 0 saturated heterocycles. The molecule has 0 aromatic rings. The average Bonchev–Trinajstić information content (AvgIpc) is 1.84. The number of hydrogen-bond donors (Lipinski definition) is 2. The van der Waals surface area contributed by atoms with Crippen LogP contribution in [-0.2, 0) is 14.2 Å². The fraction of sp³-hybridized carbons (Fsp3) is 0.500. The van der Waals surface area contributed by atoms with Crippen molar-refractivity contribution in [3.63, 3.8) is 0 Å². The van der Waals surface area contributed by atoms with Gasteiger partial charge in [0, 0.05) is 0 Å². The molecule has 8 heteroatoms. The lowest BCUT2D eigenvalue weighted by atomic mass is 10.2. The highest BCUT2D eigenvalue weighted by atomic mass is 19.2. The topological polar surface area (TPSA) is 89.6 Å². The summed E-state index contributed by atoms with van der Waals surface area (Å²) >= 11 is 0. The van der Waals surface area contributed by atoms with E-state index in [1.54, 1.807) is 0 Å². The predicted molar refractivity (Wildman–Crippen MR) is 34.3 cm³/mol. The van der Waals surface area contributed by atoms with Crippen LogP contribution in [-0.4, -0.2) is 30.6 Å². The lowest BCUT2D eigenvalue weighted by Gasteiger charge is -2.06. The highest BCUT2D eigenvalue weighted by molar-refractivity contribution is 6.37. The average molecular weight is 181 g/mol. The van der Waals surface area contributed by atoms with E-state index in [4.69, 9.17) is 10.8 Å². The van der Waals surface area contributed by atoms with Crippen LogP contribution in [0.4, 0.5) is 8.63 Å². The monoisotopic (exact) mass is 181 g/mol. The largest absolute Gasteiger partial charge is 0.798 e. The summed E-state index contributed by atoms with van der Waals surface area (Å²) in [5, 5.41) is 8.09. The summed E-state index contributed by atoms with van der Waals surface area (Å²) in [7, 11) is -3.27. The first kappa shape index (κ1) is 10.8. The van der Waals surface area contributed by atoms with Crippen molar-refractivity contribution in [2.24, 2.45) is 5.73 Å². The first-order valence-electron chi connectivity index (χ1n) is 2.89. The zero-order chi connectivity index (χ0) is 9.72. The van der Waals surface area contributed by atoms with Crippen molar-refractivity contribution in [1.29, 1.82) is 0 Å². The van der Waals surface area contributed by atoms with E-state index < -0.39 is 31.9 Å². The van der Waals surface area contributed by atoms with Crippen LogP contribution >= 0.6 is 0 Å². The van der Waals surface area contributed by atoms with Crippen molar-refractivity contribution in [2.45, 2.75) is 12.5 Å². The fourth-order valence-corrected chi connectivity index (χ4v) is 0.447. The number of carboxylic acids is 1. The summed E-state index contributed by atoms with van der Waals surface area (Å²) in [6.07, 6.45) is -0.731. The quantitative estimate of drug-likeness (QED) is 0.557. The number of aliphatic carboxylic acids is 1. The maximum absolute atomic E-state index is 11.3. The van der Waals surface area contributed by atoms with Gasteiger partial charge in [0.15, 0.2) is 0 Å². The lowest BCUT2D eigenvalue weighted by Crippen LogP contribution is -2.36. The molecular weight excluding hydrogens is 175 g/mol. The summed E-state index contributed by atoms with van der Waals surface area (Å²) in [6, 6.07) is -1.54. The molecule has 68 valence electrons. The molecule has 0 heterocycles. The van der Waals surface area contributed by atoms with Gasteiger partial charge >= 0.3 is 19.4 Å². The van der Waals surface area contributed by atoms with E-state index in [2.05, 4.69) is 4.65 Å². The molecule has 0 aliphatic rings. The van der Waals surface area contributed by atoms with Gasteiger partial charge in [-0.1, -0.05) is 0 Å². The van der Waals surface area contributed by atoms with Gasteiger partial charge in [-0.2, -0.15) is 0 Å². The van der Waals surface area contributed by atoms with Gasteiger partial charge in [-0.05, 0) is 0 Å². The normalized spacial score (nSPS) is 11.9. The molecule has 0 fully saturated rings. The second-order valence-electron chi connectivity index (χ2n) is 1.90. The maximum atomic E-state index is 11.3. The predicted octanol–water partition coefficient (Wildman–Crippen LogP) is -0.745. The van der Waals surface area contributed by atoms with E-state index in [-0.39, 0.29) is 0 Å². The van der Waals surface area contributed by atoms with Crippen molar-refractivity contribution in [2.75, 3.05) is 0 Å². The molecule has 1 atom stereocenters. The number of hydrogen-bond acceptors (Lipinski definition) is 4. The van der Waals surface area contributed by atoms with Crippen LogP contribution in [0.3, 0.4) is 0 Å². The van der Waals surface area contributed by atoms with Crippen LogP contribution in [0.15, 0.2) is 0 Å². The fourth-order valence-electron chi connectivity index (χ4n) is 0.447. The molecule has 0 bridgehead atoms. The maximum Gasteiger partial charge on any atom is 0.798 e. The highest BCUT2D eigenvalue weighted by Crippen LogP contribution is 1.96. The van der Waals surface area contributed by atoms with E-state index >= 15 is 0 Å². The van der Waals surface area contributed by atoms with E-state index in [0.29, 0.717) is 0 Å². The third-order valence-corrected chi connectivity index (χ3v) is 0.903. The number of carbonyl (C=O) groups is 2. The van der Waals surface area contributed by atoms with Gasteiger partial charge in [0.1, 0.15) is 6.04 Å². The molecule has 0 aliphatic carbocycles. The summed E-state index contributed by atoms with van der Waals surface area (Å²) in [5.41, 5.74) is 4.88. The third kappa shape index (κ3) is 4.61. The van der Waals surface area contributed by atoms with Crippen LogP contribution in [0.1, 0.15) is 6.42 Å². The Hall–Kier alpha value is -1.18. The molecular formula is C4H6BF2NO4. The van der Waals surface area contributed by atoms with Crippen LogP contribution in [0, 0.1) is 0 Å². The Balaban J connectivity index is 3.85. The number of carbonyl (C=O) groups excluding carboxylic acids is 1. The summed E-state index contributed by atoms with van der Waals surface area (Å²) < 4.78 is 26.0. The Labute approximate surface area is 66.7 Å². The molecule has 0 aliphatic heterocycles. The molecule has 0 spiro atoms. The zero-order valence-electron chi connectivity index (χ0n) is 5.87. The van der Waals surface area contributed by atoms with Gasteiger partial charge in [0.05, 0.1) is 6.42 Å². The Morgan fingerprint density at radius 1 is 1.58 bits per heavy atom. The van der Waals surface area contributed by atoms with Crippen LogP contribution in [0.2, 0.25) is 0 Å². The van der Waals surface area contributed by atoms with Crippen molar-refractivity contribution in [1.82, 2.24) is 0 Å². The molecule has 0 radical (unpaired) electrons. The number of halogens is 2. The first-order chi connectivity index (χ1) is 5.43. The van der Waals surface area contributed by atoms with Crippen LogP contribution in [0.25, 0.3) is 0 Å². The second kappa shape index (κ2) is 4.65. The third-order valence-electron chi connectivity index (χ3n) is 0.903. The molecule has 0 aromatic heterocycles. The first-order valence-corrected chi connectivity index (χ1v) is 2.89. The Kier molecular flexibility index (Phi) is 4.20. The molecule has 5 nitrogen and oxygen atoms in total. The highest BCUT2D eigenvalue weighted by Gasteiger charge is 2.26. The van der Waals surface area contributed by atoms with E-state index in [0.717, 1.165) is 0 Å². The molecule has 0 saturated carbocycles. The number of nitrogens with two attached hydrogens (primary N) is 1. The summed E-state index contributed by atoms with van der Waals surface area (Å²) in [6.45, 7) is 0. The van der Waals surface area contributed by atoms with Crippen molar-refractivity contribution in [3.8, 4) is 0 Å². The molecule has 12 heavy (non-hydrogen) atoms. The summed E-state index contributed by atoms with van der Waals surface area (Å²) in [5.74, 6) is -2.78.